The Morgan fingerprint density at radius 3 is 2.05 bits per heavy atom. The molecule has 0 radical (unpaired) electrons. The number of rotatable bonds is 4. The van der Waals surface area contributed by atoms with Crippen LogP contribution in [-0.2, 0) is 6.42 Å². The average molecular weight is 337 g/mol. The minimum absolute atomic E-state index is 0.550. The zero-order chi connectivity index (χ0) is 14.4. The zero-order valence-corrected chi connectivity index (χ0v) is 14.7. The molecule has 0 aromatic heterocycles. The fourth-order valence-corrected chi connectivity index (χ4v) is 4.20. The molecule has 2 rings (SSSR count). The molecule has 112 valence electrons. The van der Waals surface area contributed by atoms with E-state index in [0.29, 0.717) is 4.83 Å². The van der Waals surface area contributed by atoms with Gasteiger partial charge in [0.15, 0.2) is 0 Å². The standard InChI is InChI=1S/C19H29Br/c1-15(2)14-16-10-12-18(13-11-16)19(20)17-8-6-4-3-5-7-9-17/h10-13,15,17,19H,3-9,14H2,1-2H3. The topological polar surface area (TPSA) is 0 Å². The first-order valence-electron chi connectivity index (χ1n) is 8.39. The summed E-state index contributed by atoms with van der Waals surface area (Å²) in [6.45, 7) is 4.57. The Morgan fingerprint density at radius 2 is 1.50 bits per heavy atom. The van der Waals surface area contributed by atoms with Gasteiger partial charge in [-0.25, -0.2) is 0 Å². The Bertz CT molecular complexity index is 371. The van der Waals surface area contributed by atoms with Crippen molar-refractivity contribution in [1.82, 2.24) is 0 Å². The van der Waals surface area contributed by atoms with Crippen LogP contribution in [0, 0.1) is 11.8 Å². The van der Waals surface area contributed by atoms with Gasteiger partial charge in [0.25, 0.3) is 0 Å². The van der Waals surface area contributed by atoms with Gasteiger partial charge in [0, 0.05) is 4.83 Å². The third-order valence-corrected chi connectivity index (χ3v) is 5.78. The predicted molar refractivity (Wildman–Crippen MR) is 92.5 cm³/mol. The van der Waals surface area contributed by atoms with Crippen LogP contribution < -0.4 is 0 Å². The van der Waals surface area contributed by atoms with E-state index >= 15 is 0 Å². The molecule has 1 aromatic carbocycles. The maximum atomic E-state index is 3.98. The first-order valence-corrected chi connectivity index (χ1v) is 9.31. The van der Waals surface area contributed by atoms with Crippen molar-refractivity contribution >= 4 is 15.9 Å². The minimum Gasteiger partial charge on any atom is -0.0836 e. The lowest BCUT2D eigenvalue weighted by Gasteiger charge is -2.25. The van der Waals surface area contributed by atoms with Crippen molar-refractivity contribution in [2.45, 2.75) is 70.0 Å². The Labute approximate surface area is 133 Å². The van der Waals surface area contributed by atoms with Crippen LogP contribution in [0.5, 0.6) is 0 Å². The Balaban J connectivity index is 1.98. The minimum atomic E-state index is 0.550. The highest BCUT2D eigenvalue weighted by Gasteiger charge is 2.21. The number of benzene rings is 1. The molecular formula is C19H29Br. The summed E-state index contributed by atoms with van der Waals surface area (Å²) in [6, 6.07) is 9.34. The Morgan fingerprint density at radius 1 is 0.950 bits per heavy atom. The lowest BCUT2D eigenvalue weighted by atomic mass is 9.86. The number of alkyl halides is 1. The van der Waals surface area contributed by atoms with Crippen molar-refractivity contribution in [1.29, 1.82) is 0 Å². The van der Waals surface area contributed by atoms with Gasteiger partial charge in [-0.05, 0) is 42.2 Å². The molecule has 0 nitrogen and oxygen atoms in total. The van der Waals surface area contributed by atoms with Crippen LogP contribution in [0.15, 0.2) is 24.3 Å². The average Bonchev–Trinajstić information content (AvgIpc) is 2.38. The molecule has 1 aliphatic carbocycles. The molecule has 1 saturated carbocycles. The van der Waals surface area contributed by atoms with Crippen molar-refractivity contribution in [2.24, 2.45) is 11.8 Å². The summed E-state index contributed by atoms with van der Waals surface area (Å²) in [5.74, 6) is 1.57. The molecule has 0 aliphatic heterocycles. The highest BCUT2D eigenvalue weighted by molar-refractivity contribution is 9.09. The Hall–Kier alpha value is -0.300. The van der Waals surface area contributed by atoms with Gasteiger partial charge in [-0.15, -0.1) is 0 Å². The lowest BCUT2D eigenvalue weighted by Crippen LogP contribution is -2.10. The quantitative estimate of drug-likeness (QED) is 0.537. The largest absolute Gasteiger partial charge is 0.0836 e. The molecule has 0 bridgehead atoms. The molecule has 1 aromatic rings. The van der Waals surface area contributed by atoms with Gasteiger partial charge < -0.3 is 0 Å². The molecule has 1 fully saturated rings. The second-order valence-corrected chi connectivity index (χ2v) is 7.83. The predicted octanol–water partition coefficient (Wildman–Crippen LogP) is 6.68. The summed E-state index contributed by atoms with van der Waals surface area (Å²) < 4.78 is 0. The van der Waals surface area contributed by atoms with E-state index in [1.165, 1.54) is 62.5 Å². The van der Waals surface area contributed by atoms with E-state index in [1.54, 1.807) is 0 Å². The highest BCUT2D eigenvalue weighted by Crippen LogP contribution is 2.38. The summed E-state index contributed by atoms with van der Waals surface area (Å²) in [6.07, 6.45) is 11.1. The number of halogens is 1. The van der Waals surface area contributed by atoms with Crippen LogP contribution in [0.25, 0.3) is 0 Å². The van der Waals surface area contributed by atoms with Crippen molar-refractivity contribution in [2.75, 3.05) is 0 Å². The molecule has 0 spiro atoms. The van der Waals surface area contributed by atoms with Gasteiger partial charge in [-0.1, -0.05) is 86.1 Å². The van der Waals surface area contributed by atoms with E-state index in [1.807, 2.05) is 0 Å². The second-order valence-electron chi connectivity index (χ2n) is 6.85. The van der Waals surface area contributed by atoms with Crippen molar-refractivity contribution < 1.29 is 0 Å². The van der Waals surface area contributed by atoms with Crippen LogP contribution in [0.3, 0.4) is 0 Å². The van der Waals surface area contributed by atoms with E-state index in [-0.39, 0.29) is 0 Å². The monoisotopic (exact) mass is 336 g/mol. The van der Waals surface area contributed by atoms with Gasteiger partial charge in [0.1, 0.15) is 0 Å². The van der Waals surface area contributed by atoms with Crippen LogP contribution in [0.4, 0.5) is 0 Å². The summed E-state index contributed by atoms with van der Waals surface area (Å²) in [5.41, 5.74) is 2.95. The molecule has 0 saturated heterocycles. The van der Waals surface area contributed by atoms with E-state index in [9.17, 15) is 0 Å². The first kappa shape index (κ1) is 16.1. The first-order chi connectivity index (χ1) is 9.66. The zero-order valence-electron chi connectivity index (χ0n) is 13.1. The van der Waals surface area contributed by atoms with Crippen molar-refractivity contribution in [3.63, 3.8) is 0 Å². The fourth-order valence-electron chi connectivity index (χ4n) is 3.36. The number of hydrogen-bond acceptors (Lipinski definition) is 0. The van der Waals surface area contributed by atoms with Gasteiger partial charge >= 0.3 is 0 Å². The number of hydrogen-bond donors (Lipinski definition) is 0. The van der Waals surface area contributed by atoms with E-state index < -0.39 is 0 Å². The summed E-state index contributed by atoms with van der Waals surface area (Å²) in [7, 11) is 0. The Kier molecular flexibility index (Phi) is 6.61. The summed E-state index contributed by atoms with van der Waals surface area (Å²) in [5, 5.41) is 0. The third-order valence-electron chi connectivity index (χ3n) is 4.51. The van der Waals surface area contributed by atoms with E-state index in [2.05, 4.69) is 54.0 Å². The molecular weight excluding hydrogens is 308 g/mol. The van der Waals surface area contributed by atoms with Gasteiger partial charge in [0.2, 0.25) is 0 Å². The van der Waals surface area contributed by atoms with E-state index in [0.717, 1.165) is 11.8 Å². The van der Waals surface area contributed by atoms with Gasteiger partial charge in [-0.2, -0.15) is 0 Å². The van der Waals surface area contributed by atoms with Crippen LogP contribution >= 0.6 is 15.9 Å². The maximum Gasteiger partial charge on any atom is 0.0423 e. The second kappa shape index (κ2) is 8.22. The lowest BCUT2D eigenvalue weighted by molar-refractivity contribution is 0.374. The molecule has 0 amide bonds. The smallest absolute Gasteiger partial charge is 0.0423 e. The van der Waals surface area contributed by atoms with Crippen molar-refractivity contribution in [3.05, 3.63) is 35.4 Å². The van der Waals surface area contributed by atoms with Crippen LogP contribution in [0.2, 0.25) is 0 Å². The normalized spacial score (nSPS) is 19.6. The van der Waals surface area contributed by atoms with E-state index in [4.69, 9.17) is 0 Å². The van der Waals surface area contributed by atoms with Crippen molar-refractivity contribution in [3.8, 4) is 0 Å². The molecule has 1 unspecified atom stereocenters. The molecule has 20 heavy (non-hydrogen) atoms. The molecule has 0 heterocycles. The molecule has 1 atom stereocenters. The summed E-state index contributed by atoms with van der Waals surface area (Å²) in [4.78, 5) is 0.550. The third kappa shape index (κ3) is 4.91. The highest BCUT2D eigenvalue weighted by atomic mass is 79.9. The SMILES string of the molecule is CC(C)Cc1ccc(C(Br)C2CCCCCCC2)cc1. The molecule has 1 aliphatic rings. The van der Waals surface area contributed by atoms with Gasteiger partial charge in [0.05, 0.1) is 0 Å². The van der Waals surface area contributed by atoms with Crippen LogP contribution in [0.1, 0.15) is 74.7 Å². The fraction of sp³-hybridized carbons (Fsp3) is 0.684. The molecule has 1 heteroatoms. The summed E-state index contributed by atoms with van der Waals surface area (Å²) >= 11 is 3.98. The maximum absolute atomic E-state index is 3.98. The molecule has 0 N–H and O–H groups in total. The van der Waals surface area contributed by atoms with Crippen LogP contribution in [-0.4, -0.2) is 0 Å². The van der Waals surface area contributed by atoms with Gasteiger partial charge in [-0.3, -0.25) is 0 Å².